The molecule has 0 spiro atoms. The van der Waals surface area contributed by atoms with Crippen LogP contribution in [0, 0.1) is 13.8 Å². The first kappa shape index (κ1) is 24.4. The molecule has 0 aliphatic carbocycles. The number of sulfonamides is 2. The maximum absolute atomic E-state index is 13.8. The predicted octanol–water partition coefficient (Wildman–Crippen LogP) is 4.09. The molecular formula is C25H28N2O5S2. The second kappa shape index (κ2) is 9.14. The largest absolute Gasteiger partial charge is 0.497 e. The number of ether oxygens (including phenoxy) is 1. The summed E-state index contributed by atoms with van der Waals surface area (Å²) in [5.41, 5.74) is 2.41. The van der Waals surface area contributed by atoms with Crippen LogP contribution in [0.1, 0.15) is 29.8 Å². The van der Waals surface area contributed by atoms with Gasteiger partial charge in [-0.25, -0.2) is 16.8 Å². The zero-order valence-electron chi connectivity index (χ0n) is 19.5. The van der Waals surface area contributed by atoms with E-state index in [4.69, 9.17) is 4.74 Å². The van der Waals surface area contributed by atoms with Crippen molar-refractivity contribution < 1.29 is 21.6 Å². The average molecular weight is 501 g/mol. The lowest BCUT2D eigenvalue weighted by Gasteiger charge is -2.31. The molecule has 0 radical (unpaired) electrons. The molecule has 1 aliphatic heterocycles. The maximum atomic E-state index is 13.8. The Hall–Kier alpha value is -2.72. The molecule has 3 aromatic carbocycles. The van der Waals surface area contributed by atoms with E-state index in [1.165, 1.54) is 15.7 Å². The molecule has 1 fully saturated rings. The van der Waals surface area contributed by atoms with Crippen molar-refractivity contribution in [2.75, 3.05) is 13.7 Å². The van der Waals surface area contributed by atoms with E-state index in [1.54, 1.807) is 79.7 Å². The standard InChI is InChI=1S/C25H28N2O5S2/c1-18-5-13-23(14-6-18)33(28,29)26-17-20(3)27(25(26)21-9-11-22(32-4)12-10-21)34(30,31)24-15-7-19(2)8-16-24/h5-16,20,25H,17H2,1-4H3/t20-,25-/m0/s1. The lowest BCUT2D eigenvalue weighted by molar-refractivity contribution is 0.275. The fraction of sp³-hybridized carbons (Fsp3) is 0.280. The number of hydrogen-bond acceptors (Lipinski definition) is 5. The highest BCUT2D eigenvalue weighted by atomic mass is 32.2. The van der Waals surface area contributed by atoms with Gasteiger partial charge in [-0.15, -0.1) is 0 Å². The number of benzene rings is 3. The van der Waals surface area contributed by atoms with E-state index in [0.29, 0.717) is 11.3 Å². The predicted molar refractivity (Wildman–Crippen MR) is 130 cm³/mol. The summed E-state index contributed by atoms with van der Waals surface area (Å²) in [4.78, 5) is 0.247. The molecule has 9 heteroatoms. The Labute approximate surface area is 201 Å². The SMILES string of the molecule is COc1ccc([C@H]2N(S(=O)(=O)c3ccc(C)cc3)C[C@H](C)N2S(=O)(=O)c2ccc(C)cc2)cc1. The highest BCUT2D eigenvalue weighted by molar-refractivity contribution is 7.90. The van der Waals surface area contributed by atoms with Gasteiger partial charge in [-0.1, -0.05) is 47.5 Å². The zero-order chi connectivity index (χ0) is 24.7. The Morgan fingerprint density at radius 3 is 1.68 bits per heavy atom. The lowest BCUT2D eigenvalue weighted by atomic mass is 10.1. The van der Waals surface area contributed by atoms with Crippen LogP contribution in [0.15, 0.2) is 82.6 Å². The van der Waals surface area contributed by atoms with Crippen LogP contribution in [-0.4, -0.2) is 45.1 Å². The fourth-order valence-corrected chi connectivity index (χ4v) is 7.64. The molecule has 2 atom stereocenters. The minimum atomic E-state index is -4.00. The van der Waals surface area contributed by atoms with Crippen LogP contribution in [-0.2, 0) is 20.0 Å². The van der Waals surface area contributed by atoms with Gasteiger partial charge in [0, 0.05) is 12.6 Å². The van der Waals surface area contributed by atoms with Crippen molar-refractivity contribution >= 4 is 20.0 Å². The molecule has 0 amide bonds. The molecule has 1 aliphatic rings. The molecule has 4 rings (SSSR count). The molecule has 0 unspecified atom stereocenters. The van der Waals surface area contributed by atoms with Crippen molar-refractivity contribution in [2.24, 2.45) is 0 Å². The van der Waals surface area contributed by atoms with Crippen molar-refractivity contribution in [1.82, 2.24) is 8.61 Å². The Bertz CT molecular complexity index is 1370. The molecule has 7 nitrogen and oxygen atoms in total. The van der Waals surface area contributed by atoms with Crippen molar-refractivity contribution in [3.05, 3.63) is 89.5 Å². The molecule has 0 N–H and O–H groups in total. The summed E-state index contributed by atoms with van der Waals surface area (Å²) in [5, 5.41) is 0. The Morgan fingerprint density at radius 2 is 1.21 bits per heavy atom. The third-order valence-electron chi connectivity index (χ3n) is 6.03. The topological polar surface area (TPSA) is 84.0 Å². The fourth-order valence-electron chi connectivity index (χ4n) is 4.17. The normalized spacial score (nSPS) is 19.9. The molecule has 0 bridgehead atoms. The van der Waals surface area contributed by atoms with Crippen molar-refractivity contribution in [3.8, 4) is 5.75 Å². The van der Waals surface area contributed by atoms with Crippen LogP contribution >= 0.6 is 0 Å². The number of hydrogen-bond donors (Lipinski definition) is 0. The van der Waals surface area contributed by atoms with Crippen LogP contribution in [0.2, 0.25) is 0 Å². The summed E-state index contributed by atoms with van der Waals surface area (Å²) in [6.45, 7) is 5.51. The van der Waals surface area contributed by atoms with Crippen LogP contribution in [0.3, 0.4) is 0 Å². The van der Waals surface area contributed by atoms with Gasteiger partial charge in [0.05, 0.1) is 16.9 Å². The van der Waals surface area contributed by atoms with E-state index in [-0.39, 0.29) is 16.3 Å². The molecule has 0 aromatic heterocycles. The molecule has 3 aromatic rings. The van der Waals surface area contributed by atoms with Crippen LogP contribution in [0.5, 0.6) is 5.75 Å². The molecule has 34 heavy (non-hydrogen) atoms. The van der Waals surface area contributed by atoms with Gasteiger partial charge in [0.2, 0.25) is 20.0 Å². The van der Waals surface area contributed by atoms with Crippen LogP contribution in [0.25, 0.3) is 0 Å². The number of nitrogens with zero attached hydrogens (tertiary/aromatic N) is 2. The van der Waals surface area contributed by atoms with Crippen molar-refractivity contribution in [3.63, 3.8) is 0 Å². The van der Waals surface area contributed by atoms with E-state index in [1.807, 2.05) is 13.8 Å². The van der Waals surface area contributed by atoms with E-state index in [0.717, 1.165) is 11.1 Å². The third kappa shape index (κ3) is 4.36. The van der Waals surface area contributed by atoms with Crippen LogP contribution in [0.4, 0.5) is 0 Å². The highest BCUT2D eigenvalue weighted by Crippen LogP contribution is 2.41. The van der Waals surface area contributed by atoms with Gasteiger partial charge < -0.3 is 4.74 Å². The number of rotatable bonds is 6. The zero-order valence-corrected chi connectivity index (χ0v) is 21.2. The van der Waals surface area contributed by atoms with Gasteiger partial charge >= 0.3 is 0 Å². The summed E-state index contributed by atoms with van der Waals surface area (Å²) >= 11 is 0. The second-order valence-corrected chi connectivity index (χ2v) is 12.3. The smallest absolute Gasteiger partial charge is 0.245 e. The van der Waals surface area contributed by atoms with E-state index < -0.39 is 32.3 Å². The van der Waals surface area contributed by atoms with E-state index in [9.17, 15) is 16.8 Å². The first-order valence-electron chi connectivity index (χ1n) is 10.9. The van der Waals surface area contributed by atoms with Gasteiger partial charge in [-0.3, -0.25) is 0 Å². The van der Waals surface area contributed by atoms with Gasteiger partial charge in [0.1, 0.15) is 11.9 Å². The van der Waals surface area contributed by atoms with Crippen LogP contribution < -0.4 is 4.74 Å². The summed E-state index contributed by atoms with van der Waals surface area (Å²) in [6, 6.07) is 19.4. The second-order valence-electron chi connectivity index (χ2n) is 8.53. The minimum absolute atomic E-state index is 0.0258. The van der Waals surface area contributed by atoms with Crippen molar-refractivity contribution in [1.29, 1.82) is 0 Å². The summed E-state index contributed by atoms with van der Waals surface area (Å²) in [7, 11) is -6.45. The molecular weight excluding hydrogens is 472 g/mol. The summed E-state index contributed by atoms with van der Waals surface area (Å²) in [6.07, 6.45) is -1.04. The number of aryl methyl sites for hydroxylation is 2. The van der Waals surface area contributed by atoms with Gasteiger partial charge in [-0.05, 0) is 62.7 Å². The van der Waals surface area contributed by atoms with Gasteiger partial charge in [0.25, 0.3) is 0 Å². The summed E-state index contributed by atoms with van der Waals surface area (Å²) < 4.78 is 62.9. The molecule has 1 heterocycles. The van der Waals surface area contributed by atoms with E-state index >= 15 is 0 Å². The Kier molecular flexibility index (Phi) is 6.56. The molecule has 0 saturated carbocycles. The average Bonchev–Trinajstić information content (AvgIpc) is 3.18. The maximum Gasteiger partial charge on any atom is 0.245 e. The minimum Gasteiger partial charge on any atom is -0.497 e. The van der Waals surface area contributed by atoms with Crippen molar-refractivity contribution in [2.45, 2.75) is 42.8 Å². The molecule has 1 saturated heterocycles. The molecule has 180 valence electrons. The third-order valence-corrected chi connectivity index (χ3v) is 9.85. The monoisotopic (exact) mass is 500 g/mol. The summed E-state index contributed by atoms with van der Waals surface area (Å²) in [5.74, 6) is 0.593. The van der Waals surface area contributed by atoms with E-state index in [2.05, 4.69) is 0 Å². The first-order valence-corrected chi connectivity index (χ1v) is 13.8. The van der Waals surface area contributed by atoms with Gasteiger partial charge in [0.15, 0.2) is 0 Å². The highest BCUT2D eigenvalue weighted by Gasteiger charge is 2.50. The van der Waals surface area contributed by atoms with Gasteiger partial charge in [-0.2, -0.15) is 8.61 Å². The lowest BCUT2D eigenvalue weighted by Crippen LogP contribution is -2.39. The Balaban J connectivity index is 1.87. The number of methoxy groups -OCH3 is 1. The first-order chi connectivity index (χ1) is 16.1. The quantitative estimate of drug-likeness (QED) is 0.509. The Morgan fingerprint density at radius 1 is 0.735 bits per heavy atom.